The van der Waals surface area contributed by atoms with Gasteiger partial charge in [0, 0.05) is 6.42 Å². The summed E-state index contributed by atoms with van der Waals surface area (Å²) in [7, 11) is 0. The molecule has 0 aliphatic rings. The largest absolute Gasteiger partial charge is 0.421 e. The fraction of sp³-hybridized carbons (Fsp3) is 0.692. The Balaban J connectivity index is 4.34. The predicted octanol–water partition coefficient (Wildman–Crippen LogP) is 3.21. The average molecular weight is 279 g/mol. The van der Waals surface area contributed by atoms with Crippen molar-refractivity contribution in [1.29, 1.82) is 0 Å². The van der Waals surface area contributed by atoms with Crippen LogP contribution in [0.1, 0.15) is 40.5 Å². The number of nitrogens with one attached hydrogen (secondary N) is 1. The summed E-state index contributed by atoms with van der Waals surface area (Å²) < 4.78 is 36.5. The molecule has 0 aromatic rings. The van der Waals surface area contributed by atoms with Gasteiger partial charge in [-0.15, -0.1) is 0 Å². The van der Waals surface area contributed by atoms with Gasteiger partial charge in [-0.3, -0.25) is 14.9 Å². The number of carbonyl (C=O) groups is 2. The molecule has 0 fully saturated rings. The summed E-state index contributed by atoms with van der Waals surface area (Å²) in [6.45, 7) is 10.4. The summed E-state index contributed by atoms with van der Waals surface area (Å²) in [6, 6.07) is 0. The molecule has 1 atom stereocenters. The van der Waals surface area contributed by atoms with E-state index in [9.17, 15) is 22.8 Å². The van der Waals surface area contributed by atoms with Crippen LogP contribution in [-0.2, 0) is 9.59 Å². The molecule has 0 saturated heterocycles. The summed E-state index contributed by atoms with van der Waals surface area (Å²) >= 11 is 0. The van der Waals surface area contributed by atoms with Gasteiger partial charge in [0.15, 0.2) is 0 Å². The molecule has 3 nitrogen and oxygen atoms in total. The Morgan fingerprint density at radius 3 is 2.05 bits per heavy atom. The normalized spacial score (nSPS) is 13.8. The molecule has 0 aromatic heterocycles. The molecule has 2 amide bonds. The number of amides is 2. The minimum atomic E-state index is -4.82. The molecule has 19 heavy (non-hydrogen) atoms. The summed E-state index contributed by atoms with van der Waals surface area (Å²) in [6.07, 6.45) is -4.08. The van der Waals surface area contributed by atoms with E-state index in [1.54, 1.807) is 5.32 Å². The van der Waals surface area contributed by atoms with Crippen LogP contribution in [0.3, 0.4) is 0 Å². The molecule has 0 aromatic carbocycles. The van der Waals surface area contributed by atoms with Crippen molar-refractivity contribution in [3.63, 3.8) is 0 Å². The van der Waals surface area contributed by atoms with Crippen LogP contribution in [-0.4, -0.2) is 18.0 Å². The van der Waals surface area contributed by atoms with Gasteiger partial charge in [0.05, 0.1) is 0 Å². The van der Waals surface area contributed by atoms with Crippen molar-refractivity contribution in [2.75, 3.05) is 0 Å². The minimum absolute atomic E-state index is 0.00808. The average Bonchev–Trinajstić information content (AvgIpc) is 2.10. The van der Waals surface area contributed by atoms with Gasteiger partial charge in [0.1, 0.15) is 5.57 Å². The number of hydrogen-bond acceptors (Lipinski definition) is 2. The molecule has 6 heteroatoms. The summed E-state index contributed by atoms with van der Waals surface area (Å²) in [5, 5.41) is 1.71. The van der Waals surface area contributed by atoms with Gasteiger partial charge < -0.3 is 0 Å². The van der Waals surface area contributed by atoms with Gasteiger partial charge in [0.2, 0.25) is 5.91 Å². The van der Waals surface area contributed by atoms with Crippen LogP contribution in [0.2, 0.25) is 0 Å². The maximum Gasteiger partial charge on any atom is 0.421 e. The molecule has 1 N–H and O–H groups in total. The molecule has 1 unspecified atom stereocenters. The van der Waals surface area contributed by atoms with Crippen LogP contribution in [0, 0.1) is 11.3 Å². The topological polar surface area (TPSA) is 46.2 Å². The van der Waals surface area contributed by atoms with Gasteiger partial charge >= 0.3 is 6.18 Å². The number of halogens is 3. The highest BCUT2D eigenvalue weighted by Crippen LogP contribution is 2.26. The minimum Gasteiger partial charge on any atom is -0.292 e. The van der Waals surface area contributed by atoms with E-state index in [-0.39, 0.29) is 17.8 Å². The number of imide groups is 1. The molecule has 110 valence electrons. The number of hydrogen-bond donors (Lipinski definition) is 1. The lowest BCUT2D eigenvalue weighted by atomic mass is 9.84. The van der Waals surface area contributed by atoms with Crippen molar-refractivity contribution >= 4 is 11.8 Å². The molecule has 0 heterocycles. The van der Waals surface area contributed by atoms with Gasteiger partial charge in [-0.1, -0.05) is 34.3 Å². The zero-order valence-corrected chi connectivity index (χ0v) is 11.6. The van der Waals surface area contributed by atoms with E-state index in [0.29, 0.717) is 0 Å². The van der Waals surface area contributed by atoms with Crippen LogP contribution in [0.5, 0.6) is 0 Å². The highest BCUT2D eigenvalue weighted by molar-refractivity contribution is 6.04. The first kappa shape index (κ1) is 17.7. The third kappa shape index (κ3) is 7.64. The van der Waals surface area contributed by atoms with E-state index in [2.05, 4.69) is 6.58 Å². The zero-order chi connectivity index (χ0) is 15.4. The third-order valence-electron chi connectivity index (χ3n) is 2.36. The smallest absolute Gasteiger partial charge is 0.292 e. The molecule has 0 spiro atoms. The maximum absolute atomic E-state index is 12.2. The fourth-order valence-electron chi connectivity index (χ4n) is 1.82. The number of carbonyl (C=O) groups excluding carboxylic acids is 2. The first-order chi connectivity index (χ1) is 8.33. The standard InChI is InChI=1S/C13H20F3NO2/c1-8(7-12(3,4)5)6-10(18)17-11(19)9(2)13(14,15)16/h8H,2,6-7H2,1,3-5H3,(H,17,18,19). The van der Waals surface area contributed by atoms with Crippen LogP contribution in [0.15, 0.2) is 12.2 Å². The predicted molar refractivity (Wildman–Crippen MR) is 66.2 cm³/mol. The van der Waals surface area contributed by atoms with Crippen LogP contribution in [0.4, 0.5) is 13.2 Å². The van der Waals surface area contributed by atoms with Crippen LogP contribution < -0.4 is 5.32 Å². The van der Waals surface area contributed by atoms with E-state index < -0.39 is 23.6 Å². The van der Waals surface area contributed by atoms with E-state index in [4.69, 9.17) is 0 Å². The molecular weight excluding hydrogens is 259 g/mol. The Kier molecular flexibility index (Phi) is 5.78. The van der Waals surface area contributed by atoms with Crippen molar-refractivity contribution in [2.24, 2.45) is 11.3 Å². The Morgan fingerprint density at radius 2 is 1.68 bits per heavy atom. The molecule has 0 rings (SSSR count). The first-order valence-corrected chi connectivity index (χ1v) is 5.93. The molecule has 0 aliphatic heterocycles. The fourth-order valence-corrected chi connectivity index (χ4v) is 1.82. The molecule has 0 saturated carbocycles. The maximum atomic E-state index is 12.2. The van der Waals surface area contributed by atoms with Crippen molar-refractivity contribution in [1.82, 2.24) is 5.32 Å². The zero-order valence-electron chi connectivity index (χ0n) is 11.6. The molecule has 0 bridgehead atoms. The lowest BCUT2D eigenvalue weighted by molar-refractivity contribution is -0.135. The van der Waals surface area contributed by atoms with Crippen LogP contribution in [0.25, 0.3) is 0 Å². The lowest BCUT2D eigenvalue weighted by Gasteiger charge is -2.22. The van der Waals surface area contributed by atoms with Crippen molar-refractivity contribution < 1.29 is 22.8 Å². The monoisotopic (exact) mass is 279 g/mol. The van der Waals surface area contributed by atoms with E-state index in [1.165, 1.54) is 0 Å². The third-order valence-corrected chi connectivity index (χ3v) is 2.36. The van der Waals surface area contributed by atoms with Gasteiger partial charge in [-0.25, -0.2) is 0 Å². The van der Waals surface area contributed by atoms with E-state index in [0.717, 1.165) is 6.42 Å². The highest BCUT2D eigenvalue weighted by Gasteiger charge is 2.37. The lowest BCUT2D eigenvalue weighted by Crippen LogP contribution is -2.36. The Bertz CT molecular complexity index is 367. The molecule has 0 aliphatic carbocycles. The van der Waals surface area contributed by atoms with E-state index in [1.807, 2.05) is 27.7 Å². The number of rotatable bonds is 4. The van der Waals surface area contributed by atoms with Crippen molar-refractivity contribution in [3.05, 3.63) is 12.2 Å². The highest BCUT2D eigenvalue weighted by atomic mass is 19.4. The molecule has 0 radical (unpaired) electrons. The van der Waals surface area contributed by atoms with Gasteiger partial charge in [-0.2, -0.15) is 13.2 Å². The Morgan fingerprint density at radius 1 is 1.21 bits per heavy atom. The number of alkyl halides is 3. The van der Waals surface area contributed by atoms with Gasteiger partial charge in [0.25, 0.3) is 5.91 Å². The molecular formula is C13H20F3NO2. The SMILES string of the molecule is C=C(C(=O)NC(=O)CC(C)CC(C)(C)C)C(F)(F)F. The second-order valence-electron chi connectivity index (χ2n) is 5.93. The summed E-state index contributed by atoms with van der Waals surface area (Å²) in [4.78, 5) is 22.6. The van der Waals surface area contributed by atoms with Gasteiger partial charge in [-0.05, 0) is 17.8 Å². The van der Waals surface area contributed by atoms with Crippen LogP contribution >= 0.6 is 0 Å². The summed E-state index contributed by atoms with van der Waals surface area (Å²) in [5.74, 6) is -2.22. The van der Waals surface area contributed by atoms with Crippen molar-refractivity contribution in [2.45, 2.75) is 46.7 Å². The Labute approximate surface area is 111 Å². The van der Waals surface area contributed by atoms with E-state index >= 15 is 0 Å². The Hall–Kier alpha value is -1.33. The summed E-state index contributed by atoms with van der Waals surface area (Å²) in [5.41, 5.74) is -1.55. The van der Waals surface area contributed by atoms with Crippen molar-refractivity contribution in [3.8, 4) is 0 Å². The quantitative estimate of drug-likeness (QED) is 0.803. The second kappa shape index (κ2) is 6.21. The first-order valence-electron chi connectivity index (χ1n) is 5.93. The second-order valence-corrected chi connectivity index (χ2v) is 5.93.